The summed E-state index contributed by atoms with van der Waals surface area (Å²) in [4.78, 5) is 17.3. The van der Waals surface area contributed by atoms with Gasteiger partial charge in [-0.2, -0.15) is 0 Å². The van der Waals surface area contributed by atoms with E-state index in [0.717, 1.165) is 35.4 Å². The number of hydrogen-bond donors (Lipinski definition) is 1. The third-order valence-corrected chi connectivity index (χ3v) is 5.98. The number of benzene rings is 2. The lowest BCUT2D eigenvalue weighted by Crippen LogP contribution is -2.37. The molecule has 2 aromatic carbocycles. The quantitative estimate of drug-likeness (QED) is 0.559. The first kappa shape index (κ1) is 18.8. The van der Waals surface area contributed by atoms with Gasteiger partial charge in [0.1, 0.15) is 5.69 Å². The third-order valence-electron chi connectivity index (χ3n) is 5.04. The topological polar surface area (TPSA) is 55.1 Å². The fraction of sp³-hybridized carbons (Fsp3) is 0.304. The summed E-state index contributed by atoms with van der Waals surface area (Å²) in [6, 6.07) is 20.3. The van der Waals surface area contributed by atoms with Crippen molar-refractivity contribution < 1.29 is 9.21 Å². The van der Waals surface area contributed by atoms with Gasteiger partial charge in [-0.3, -0.25) is 4.79 Å². The van der Waals surface area contributed by atoms with E-state index < -0.39 is 0 Å². The predicted molar refractivity (Wildman–Crippen MR) is 113 cm³/mol. The van der Waals surface area contributed by atoms with Crippen molar-refractivity contribution in [3.8, 4) is 22.6 Å². The van der Waals surface area contributed by atoms with E-state index in [4.69, 9.17) is 9.40 Å². The summed E-state index contributed by atoms with van der Waals surface area (Å²) in [5.41, 5.74) is 2.78. The molecule has 1 amide bonds. The number of rotatable bonds is 6. The van der Waals surface area contributed by atoms with Crippen molar-refractivity contribution >= 4 is 17.7 Å². The molecule has 1 aromatic heterocycles. The van der Waals surface area contributed by atoms with Gasteiger partial charge >= 0.3 is 0 Å². The minimum atomic E-state index is -0.258. The fourth-order valence-electron chi connectivity index (χ4n) is 3.52. The summed E-state index contributed by atoms with van der Waals surface area (Å²) >= 11 is 1.37. The maximum absolute atomic E-state index is 12.5. The highest BCUT2D eigenvalue weighted by Gasteiger charge is 2.24. The lowest BCUT2D eigenvalue weighted by atomic mass is 10.1. The summed E-state index contributed by atoms with van der Waals surface area (Å²) in [5, 5.41) is 3.42. The Morgan fingerprint density at radius 2 is 1.64 bits per heavy atom. The number of amides is 1. The van der Waals surface area contributed by atoms with Crippen LogP contribution in [0.3, 0.4) is 0 Å². The SMILES string of the molecule is C[C@H](Sc1nc(-c2ccccc2)c(-c2ccccc2)o1)C(=O)NC1CCCC1. The third kappa shape index (κ3) is 4.30. The van der Waals surface area contributed by atoms with Crippen molar-refractivity contribution in [1.29, 1.82) is 0 Å². The molecule has 0 aliphatic heterocycles. The number of nitrogens with one attached hydrogen (secondary N) is 1. The Morgan fingerprint density at radius 3 is 2.29 bits per heavy atom. The van der Waals surface area contributed by atoms with E-state index in [1.165, 1.54) is 24.6 Å². The van der Waals surface area contributed by atoms with Gasteiger partial charge in [0.2, 0.25) is 5.91 Å². The first-order valence-electron chi connectivity index (χ1n) is 9.79. The first-order valence-corrected chi connectivity index (χ1v) is 10.7. The second kappa shape index (κ2) is 8.65. The molecule has 0 bridgehead atoms. The van der Waals surface area contributed by atoms with Crippen LogP contribution in [0.4, 0.5) is 0 Å². The molecule has 1 fully saturated rings. The number of hydrogen-bond acceptors (Lipinski definition) is 4. The van der Waals surface area contributed by atoms with Gasteiger partial charge in [0.05, 0.1) is 5.25 Å². The maximum atomic E-state index is 12.5. The molecule has 1 N–H and O–H groups in total. The molecule has 5 heteroatoms. The number of carbonyl (C=O) groups is 1. The molecule has 1 heterocycles. The van der Waals surface area contributed by atoms with E-state index in [-0.39, 0.29) is 11.2 Å². The Kier molecular flexibility index (Phi) is 5.81. The van der Waals surface area contributed by atoms with E-state index in [2.05, 4.69) is 5.32 Å². The first-order chi connectivity index (χ1) is 13.7. The number of nitrogens with zero attached hydrogens (tertiary/aromatic N) is 1. The van der Waals surface area contributed by atoms with Crippen LogP contribution in [0.1, 0.15) is 32.6 Å². The minimum absolute atomic E-state index is 0.0534. The normalized spacial score (nSPS) is 15.5. The summed E-state index contributed by atoms with van der Waals surface area (Å²) in [6.07, 6.45) is 4.57. The Morgan fingerprint density at radius 1 is 1.04 bits per heavy atom. The monoisotopic (exact) mass is 392 g/mol. The summed E-state index contributed by atoms with van der Waals surface area (Å²) in [7, 11) is 0. The van der Waals surface area contributed by atoms with E-state index >= 15 is 0 Å². The second-order valence-corrected chi connectivity index (χ2v) is 8.43. The molecule has 0 saturated heterocycles. The fourth-order valence-corrected chi connectivity index (χ4v) is 4.27. The number of carbonyl (C=O) groups excluding carboxylic acids is 1. The largest absolute Gasteiger partial charge is 0.431 e. The van der Waals surface area contributed by atoms with Gasteiger partial charge in [0.25, 0.3) is 5.22 Å². The van der Waals surface area contributed by atoms with Crippen molar-refractivity contribution in [3.05, 3.63) is 60.7 Å². The maximum Gasteiger partial charge on any atom is 0.257 e. The van der Waals surface area contributed by atoms with Gasteiger partial charge in [0, 0.05) is 17.2 Å². The number of oxazole rings is 1. The average molecular weight is 393 g/mol. The van der Waals surface area contributed by atoms with E-state index in [1.54, 1.807) is 0 Å². The molecule has 3 aromatic rings. The van der Waals surface area contributed by atoms with Gasteiger partial charge < -0.3 is 9.73 Å². The van der Waals surface area contributed by atoms with Crippen molar-refractivity contribution in [2.45, 2.75) is 49.1 Å². The molecule has 1 atom stereocenters. The van der Waals surface area contributed by atoms with Crippen LogP contribution in [-0.2, 0) is 4.79 Å². The zero-order valence-corrected chi connectivity index (χ0v) is 16.7. The lowest BCUT2D eigenvalue weighted by molar-refractivity contribution is -0.120. The molecular weight excluding hydrogens is 368 g/mol. The zero-order valence-electron chi connectivity index (χ0n) is 15.9. The molecule has 4 nitrogen and oxygen atoms in total. The van der Waals surface area contributed by atoms with E-state index in [9.17, 15) is 4.79 Å². The molecule has 1 saturated carbocycles. The number of thioether (sulfide) groups is 1. The highest BCUT2D eigenvalue weighted by atomic mass is 32.2. The smallest absolute Gasteiger partial charge is 0.257 e. The van der Waals surface area contributed by atoms with Gasteiger partial charge in [-0.05, 0) is 19.8 Å². The van der Waals surface area contributed by atoms with Crippen molar-refractivity contribution in [2.75, 3.05) is 0 Å². The van der Waals surface area contributed by atoms with Gasteiger partial charge in [-0.25, -0.2) is 4.98 Å². The Labute approximate surface area is 169 Å². The van der Waals surface area contributed by atoms with E-state index in [0.29, 0.717) is 11.3 Å². The molecule has 0 spiro atoms. The summed E-state index contributed by atoms with van der Waals surface area (Å²) < 4.78 is 6.12. The van der Waals surface area contributed by atoms with Crippen LogP contribution in [0.5, 0.6) is 0 Å². The molecule has 4 rings (SSSR count). The van der Waals surface area contributed by atoms with Crippen LogP contribution in [0.15, 0.2) is 70.3 Å². The molecule has 0 unspecified atom stereocenters. The van der Waals surface area contributed by atoms with Gasteiger partial charge in [-0.15, -0.1) is 0 Å². The van der Waals surface area contributed by atoms with Crippen LogP contribution in [0, 0.1) is 0 Å². The van der Waals surface area contributed by atoms with Crippen LogP contribution < -0.4 is 5.32 Å². The predicted octanol–water partition coefficient (Wildman–Crippen LogP) is 5.55. The lowest BCUT2D eigenvalue weighted by Gasteiger charge is -2.15. The number of aromatic nitrogens is 1. The standard InChI is InChI=1S/C23H24N2O2S/c1-16(22(26)24-19-14-8-9-15-19)28-23-25-20(17-10-4-2-5-11-17)21(27-23)18-12-6-3-7-13-18/h2-7,10-13,16,19H,8-9,14-15H2,1H3,(H,24,26)/t16-/m0/s1. The molecule has 0 radical (unpaired) electrons. The second-order valence-electron chi connectivity index (χ2n) is 7.14. The Balaban J connectivity index is 1.57. The molecule has 28 heavy (non-hydrogen) atoms. The van der Waals surface area contributed by atoms with Crippen LogP contribution in [0.2, 0.25) is 0 Å². The highest BCUT2D eigenvalue weighted by Crippen LogP contribution is 2.36. The summed E-state index contributed by atoms with van der Waals surface area (Å²) in [5.74, 6) is 0.787. The van der Waals surface area contributed by atoms with Gasteiger partial charge in [-0.1, -0.05) is 85.3 Å². The average Bonchev–Trinajstić information content (AvgIpc) is 3.39. The van der Waals surface area contributed by atoms with Crippen LogP contribution >= 0.6 is 11.8 Å². The van der Waals surface area contributed by atoms with Gasteiger partial charge in [0.15, 0.2) is 5.76 Å². The minimum Gasteiger partial charge on any atom is -0.431 e. The van der Waals surface area contributed by atoms with Crippen molar-refractivity contribution in [3.63, 3.8) is 0 Å². The van der Waals surface area contributed by atoms with Crippen LogP contribution in [0.25, 0.3) is 22.6 Å². The van der Waals surface area contributed by atoms with Crippen LogP contribution in [-0.4, -0.2) is 22.2 Å². The van der Waals surface area contributed by atoms with Crippen molar-refractivity contribution in [2.24, 2.45) is 0 Å². The molecule has 1 aliphatic carbocycles. The Bertz CT molecular complexity index is 861. The zero-order chi connectivity index (χ0) is 19.3. The van der Waals surface area contributed by atoms with Crippen molar-refractivity contribution in [1.82, 2.24) is 10.3 Å². The molecular formula is C23H24N2O2S. The molecule has 1 aliphatic rings. The Hall–Kier alpha value is -2.53. The van der Waals surface area contributed by atoms with E-state index in [1.807, 2.05) is 67.6 Å². The highest BCUT2D eigenvalue weighted by molar-refractivity contribution is 8.00. The summed E-state index contributed by atoms with van der Waals surface area (Å²) in [6.45, 7) is 1.91. The molecule has 144 valence electrons.